The van der Waals surface area contributed by atoms with Gasteiger partial charge < -0.3 is 10.5 Å². The molecule has 0 saturated carbocycles. The summed E-state index contributed by atoms with van der Waals surface area (Å²) in [6.45, 7) is 2.07. The van der Waals surface area contributed by atoms with E-state index in [0.29, 0.717) is 0 Å². The molecule has 2 rings (SSSR count). The van der Waals surface area contributed by atoms with Crippen LogP contribution in [0.15, 0.2) is 42.5 Å². The average molecular weight is 213 g/mol. The molecule has 0 aliphatic carbocycles. The van der Waals surface area contributed by atoms with E-state index in [2.05, 4.69) is 25.1 Å². The van der Waals surface area contributed by atoms with Crippen LogP contribution in [0.5, 0.6) is 5.75 Å². The van der Waals surface area contributed by atoms with Gasteiger partial charge >= 0.3 is 0 Å². The van der Waals surface area contributed by atoms with E-state index < -0.39 is 0 Å². The molecule has 2 aromatic rings. The Hall–Kier alpha value is -1.96. The van der Waals surface area contributed by atoms with Crippen LogP contribution in [-0.4, -0.2) is 7.11 Å². The molecule has 0 heterocycles. The zero-order valence-electron chi connectivity index (χ0n) is 9.53. The van der Waals surface area contributed by atoms with Crippen LogP contribution in [0.4, 0.5) is 5.69 Å². The number of benzene rings is 2. The Bertz CT molecular complexity index is 506. The molecule has 0 atom stereocenters. The van der Waals surface area contributed by atoms with Crippen LogP contribution in [0.2, 0.25) is 0 Å². The molecule has 2 nitrogen and oxygen atoms in total. The second-order valence-corrected chi connectivity index (χ2v) is 3.83. The van der Waals surface area contributed by atoms with Crippen LogP contribution in [0.1, 0.15) is 5.56 Å². The van der Waals surface area contributed by atoms with Crippen LogP contribution in [0.3, 0.4) is 0 Å². The maximum absolute atomic E-state index is 5.80. The summed E-state index contributed by atoms with van der Waals surface area (Å²) in [6.07, 6.45) is 0. The highest BCUT2D eigenvalue weighted by atomic mass is 16.5. The number of aryl methyl sites for hydroxylation is 1. The van der Waals surface area contributed by atoms with Crippen molar-refractivity contribution in [2.24, 2.45) is 0 Å². The van der Waals surface area contributed by atoms with Gasteiger partial charge in [0.25, 0.3) is 0 Å². The maximum atomic E-state index is 5.80. The fourth-order valence-corrected chi connectivity index (χ4v) is 1.76. The zero-order chi connectivity index (χ0) is 11.5. The molecule has 0 aliphatic heterocycles. The van der Waals surface area contributed by atoms with Crippen molar-refractivity contribution in [2.75, 3.05) is 12.8 Å². The topological polar surface area (TPSA) is 35.2 Å². The molecule has 0 amide bonds. The fraction of sp³-hybridized carbons (Fsp3) is 0.143. The Morgan fingerprint density at radius 1 is 1.06 bits per heavy atom. The van der Waals surface area contributed by atoms with Crippen molar-refractivity contribution >= 4 is 5.69 Å². The third-order valence-electron chi connectivity index (χ3n) is 2.55. The maximum Gasteiger partial charge on any atom is 0.126 e. The molecule has 0 fully saturated rings. The first kappa shape index (κ1) is 10.6. The Morgan fingerprint density at radius 2 is 1.88 bits per heavy atom. The van der Waals surface area contributed by atoms with E-state index in [1.54, 1.807) is 7.11 Å². The summed E-state index contributed by atoms with van der Waals surface area (Å²) in [5, 5.41) is 0. The van der Waals surface area contributed by atoms with Gasteiger partial charge in [0.05, 0.1) is 7.11 Å². The lowest BCUT2D eigenvalue weighted by Crippen LogP contribution is -1.91. The molecule has 82 valence electrons. The number of nitrogen functional groups attached to an aromatic ring is 1. The quantitative estimate of drug-likeness (QED) is 0.777. The van der Waals surface area contributed by atoms with Crippen molar-refractivity contribution in [3.05, 3.63) is 48.0 Å². The number of methoxy groups -OCH3 is 1. The number of hydrogen-bond donors (Lipinski definition) is 1. The lowest BCUT2D eigenvalue weighted by molar-refractivity contribution is 0.416. The van der Waals surface area contributed by atoms with Crippen molar-refractivity contribution in [3.63, 3.8) is 0 Å². The second kappa shape index (κ2) is 4.27. The summed E-state index contributed by atoms with van der Waals surface area (Å²) < 4.78 is 5.34. The van der Waals surface area contributed by atoms with E-state index in [-0.39, 0.29) is 0 Å². The van der Waals surface area contributed by atoms with Gasteiger partial charge in [-0.15, -0.1) is 0 Å². The molecule has 0 aromatic heterocycles. The Balaban J connectivity index is 2.58. The lowest BCUT2D eigenvalue weighted by Gasteiger charge is -2.10. The normalized spacial score (nSPS) is 10.1. The molecule has 2 heteroatoms. The SMILES string of the molecule is COc1ccc(N)cc1-c1cccc(C)c1. The molecule has 0 aliphatic rings. The lowest BCUT2D eigenvalue weighted by atomic mass is 10.0. The summed E-state index contributed by atoms with van der Waals surface area (Å²) >= 11 is 0. The van der Waals surface area contributed by atoms with E-state index in [4.69, 9.17) is 10.5 Å². The fourth-order valence-electron chi connectivity index (χ4n) is 1.76. The summed E-state index contributed by atoms with van der Waals surface area (Å²) in [5.41, 5.74) is 9.94. The van der Waals surface area contributed by atoms with Gasteiger partial charge in [-0.05, 0) is 30.7 Å². The summed E-state index contributed by atoms with van der Waals surface area (Å²) in [4.78, 5) is 0. The monoisotopic (exact) mass is 213 g/mol. The highest BCUT2D eigenvalue weighted by Crippen LogP contribution is 2.31. The molecular weight excluding hydrogens is 198 g/mol. The summed E-state index contributed by atoms with van der Waals surface area (Å²) in [7, 11) is 1.67. The van der Waals surface area contributed by atoms with Crippen molar-refractivity contribution in [1.29, 1.82) is 0 Å². The largest absolute Gasteiger partial charge is 0.496 e. The molecule has 0 radical (unpaired) electrons. The summed E-state index contributed by atoms with van der Waals surface area (Å²) in [5.74, 6) is 0.847. The van der Waals surface area contributed by atoms with Gasteiger partial charge in [0.2, 0.25) is 0 Å². The van der Waals surface area contributed by atoms with Crippen LogP contribution in [-0.2, 0) is 0 Å². The Labute approximate surface area is 95.7 Å². The molecule has 2 aromatic carbocycles. The van der Waals surface area contributed by atoms with Gasteiger partial charge in [-0.25, -0.2) is 0 Å². The van der Waals surface area contributed by atoms with Crippen LogP contribution >= 0.6 is 0 Å². The smallest absolute Gasteiger partial charge is 0.126 e. The molecular formula is C14H15NO. The van der Waals surface area contributed by atoms with Crippen LogP contribution < -0.4 is 10.5 Å². The minimum atomic E-state index is 0.748. The molecule has 16 heavy (non-hydrogen) atoms. The second-order valence-electron chi connectivity index (χ2n) is 3.83. The first-order valence-corrected chi connectivity index (χ1v) is 5.21. The highest BCUT2D eigenvalue weighted by molar-refractivity contribution is 5.74. The zero-order valence-corrected chi connectivity index (χ0v) is 9.53. The number of rotatable bonds is 2. The van der Waals surface area contributed by atoms with Crippen molar-refractivity contribution in [3.8, 4) is 16.9 Å². The van der Waals surface area contributed by atoms with Crippen molar-refractivity contribution in [2.45, 2.75) is 6.92 Å². The Morgan fingerprint density at radius 3 is 2.56 bits per heavy atom. The van der Waals surface area contributed by atoms with Gasteiger partial charge in [0.1, 0.15) is 5.75 Å². The summed E-state index contributed by atoms with van der Waals surface area (Å²) in [6, 6.07) is 14.0. The minimum Gasteiger partial charge on any atom is -0.496 e. The standard InChI is InChI=1S/C14H15NO/c1-10-4-3-5-11(8-10)13-9-12(15)6-7-14(13)16-2/h3-9H,15H2,1-2H3. The van der Waals surface area contributed by atoms with Crippen LogP contribution in [0, 0.1) is 6.92 Å². The van der Waals surface area contributed by atoms with Gasteiger partial charge in [-0.2, -0.15) is 0 Å². The van der Waals surface area contributed by atoms with Crippen molar-refractivity contribution in [1.82, 2.24) is 0 Å². The molecule has 0 spiro atoms. The third-order valence-corrected chi connectivity index (χ3v) is 2.55. The molecule has 2 N–H and O–H groups in total. The van der Waals surface area contributed by atoms with Gasteiger partial charge in [0.15, 0.2) is 0 Å². The Kier molecular flexibility index (Phi) is 2.82. The first-order chi connectivity index (χ1) is 7.70. The number of ether oxygens (including phenoxy) is 1. The van der Waals surface area contributed by atoms with E-state index in [9.17, 15) is 0 Å². The van der Waals surface area contributed by atoms with E-state index in [0.717, 1.165) is 22.6 Å². The predicted octanol–water partition coefficient (Wildman–Crippen LogP) is 3.25. The minimum absolute atomic E-state index is 0.748. The van der Waals surface area contributed by atoms with Gasteiger partial charge in [0, 0.05) is 11.3 Å². The van der Waals surface area contributed by atoms with Gasteiger partial charge in [-0.3, -0.25) is 0 Å². The predicted molar refractivity (Wildman–Crippen MR) is 67.6 cm³/mol. The molecule has 0 bridgehead atoms. The van der Waals surface area contributed by atoms with Gasteiger partial charge in [-0.1, -0.05) is 29.8 Å². The molecule has 0 unspecified atom stereocenters. The van der Waals surface area contributed by atoms with E-state index in [1.165, 1.54) is 5.56 Å². The number of hydrogen-bond acceptors (Lipinski definition) is 2. The number of nitrogens with two attached hydrogens (primary N) is 1. The van der Waals surface area contributed by atoms with E-state index in [1.807, 2.05) is 24.3 Å². The molecule has 0 saturated heterocycles. The third kappa shape index (κ3) is 2.01. The first-order valence-electron chi connectivity index (χ1n) is 5.21. The van der Waals surface area contributed by atoms with Crippen LogP contribution in [0.25, 0.3) is 11.1 Å². The number of anilines is 1. The van der Waals surface area contributed by atoms with E-state index >= 15 is 0 Å². The highest BCUT2D eigenvalue weighted by Gasteiger charge is 2.05. The average Bonchev–Trinajstić information content (AvgIpc) is 2.29. The van der Waals surface area contributed by atoms with Crippen molar-refractivity contribution < 1.29 is 4.74 Å².